The Hall–Kier alpha value is -4.43. The van der Waals surface area contributed by atoms with Crippen molar-refractivity contribution < 1.29 is 49.0 Å². The van der Waals surface area contributed by atoms with Gasteiger partial charge in [-0.25, -0.2) is 19.3 Å². The molecule has 14 heteroatoms. The van der Waals surface area contributed by atoms with Crippen LogP contribution >= 0.6 is 0 Å². The first-order chi connectivity index (χ1) is 15.6. The number of nitrogens with zero attached hydrogens (tertiary/aromatic N) is 2. The second-order valence-corrected chi connectivity index (χ2v) is 6.23. The first kappa shape index (κ1) is 24.8. The lowest BCUT2D eigenvalue weighted by molar-refractivity contribution is -0.393. The Morgan fingerprint density at radius 3 is 2.00 bits per heavy atom. The molecule has 0 aliphatic heterocycles. The number of ether oxygens (including phenoxy) is 1. The molecule has 0 radical (unpaired) electrons. The van der Waals surface area contributed by atoms with Crippen LogP contribution in [0.15, 0.2) is 36.4 Å². The highest BCUT2D eigenvalue weighted by atomic mass is 17.2. The van der Waals surface area contributed by atoms with E-state index in [0.717, 1.165) is 30.3 Å². The number of rotatable bonds is 11. The topological polar surface area (TPSA) is 206 Å². The number of carbonyl (C=O) groups is 3. The van der Waals surface area contributed by atoms with E-state index in [0.29, 0.717) is 0 Å². The van der Waals surface area contributed by atoms with Crippen LogP contribution in [0.5, 0.6) is 0 Å². The third kappa shape index (κ3) is 5.84. The molecule has 0 heterocycles. The van der Waals surface area contributed by atoms with E-state index in [9.17, 15) is 44.8 Å². The van der Waals surface area contributed by atoms with Crippen LogP contribution in [0.4, 0.5) is 11.4 Å². The van der Waals surface area contributed by atoms with Crippen LogP contribution in [0.2, 0.25) is 0 Å². The van der Waals surface area contributed by atoms with Gasteiger partial charge in [0, 0.05) is 18.6 Å². The zero-order chi connectivity index (χ0) is 24.7. The molecule has 2 rings (SSSR count). The summed E-state index contributed by atoms with van der Waals surface area (Å²) in [5.41, 5.74) is -3.57. The molecule has 14 nitrogen and oxygen atoms in total. The van der Waals surface area contributed by atoms with E-state index in [1.54, 1.807) is 0 Å². The Kier molecular flexibility index (Phi) is 8.08. The van der Waals surface area contributed by atoms with Crippen molar-refractivity contribution in [3.8, 4) is 0 Å². The predicted molar refractivity (Wildman–Crippen MR) is 105 cm³/mol. The Bertz CT molecular complexity index is 1050. The summed E-state index contributed by atoms with van der Waals surface area (Å²) in [6.07, 6.45) is -1.58. The minimum Gasteiger partial charge on any atom is -0.478 e. The molecule has 0 bridgehead atoms. The van der Waals surface area contributed by atoms with Gasteiger partial charge in [0.1, 0.15) is 6.61 Å². The molecular formula is C19H16N2O12. The Morgan fingerprint density at radius 1 is 0.939 bits per heavy atom. The van der Waals surface area contributed by atoms with Crippen molar-refractivity contribution in [1.29, 1.82) is 0 Å². The standard InChI is InChI=1S/C19H16N2O12/c1-2-15(32-19(26)16-11(18(24)25)6-4-8-14(16)21(29)30)33-31-9-12-10(17(22)23)5-3-7-13(12)20(27)28/h3-8,15H,2,9H2,1H3,(H,22,23)(H,24,25). The average molecular weight is 464 g/mol. The smallest absolute Gasteiger partial charge is 0.348 e. The summed E-state index contributed by atoms with van der Waals surface area (Å²) in [5, 5.41) is 40.8. The molecule has 0 saturated carbocycles. The molecule has 2 aromatic rings. The van der Waals surface area contributed by atoms with Gasteiger partial charge < -0.3 is 14.9 Å². The molecule has 2 N–H and O–H groups in total. The molecule has 0 fully saturated rings. The normalized spacial score (nSPS) is 11.4. The molecule has 1 atom stereocenters. The maximum atomic E-state index is 12.5. The summed E-state index contributed by atoms with van der Waals surface area (Å²) in [4.78, 5) is 65.5. The molecule has 0 aliphatic carbocycles. The van der Waals surface area contributed by atoms with E-state index in [2.05, 4.69) is 0 Å². The summed E-state index contributed by atoms with van der Waals surface area (Å²) in [6, 6.07) is 6.34. The van der Waals surface area contributed by atoms with Gasteiger partial charge in [-0.2, -0.15) is 4.89 Å². The van der Waals surface area contributed by atoms with E-state index in [-0.39, 0.29) is 12.0 Å². The first-order valence-electron chi connectivity index (χ1n) is 9.07. The fourth-order valence-electron chi connectivity index (χ4n) is 2.70. The van der Waals surface area contributed by atoms with Crippen molar-refractivity contribution in [1.82, 2.24) is 0 Å². The quantitative estimate of drug-likeness (QED) is 0.162. The SMILES string of the molecule is CCC(OOCc1c(C(=O)O)cccc1[N+](=O)[O-])OC(=O)c1c(C(=O)O)cccc1[N+](=O)[O-]. The van der Waals surface area contributed by atoms with Crippen molar-refractivity contribution in [2.45, 2.75) is 26.2 Å². The van der Waals surface area contributed by atoms with E-state index < -0.39 is 68.7 Å². The summed E-state index contributed by atoms with van der Waals surface area (Å²) in [5.74, 6) is -4.44. The molecule has 0 saturated heterocycles. The number of hydrogen-bond donors (Lipinski definition) is 2. The van der Waals surface area contributed by atoms with Gasteiger partial charge in [-0.15, -0.1) is 0 Å². The van der Waals surface area contributed by atoms with Gasteiger partial charge in [0.05, 0.1) is 26.5 Å². The summed E-state index contributed by atoms with van der Waals surface area (Å²) in [6.45, 7) is 0.755. The van der Waals surface area contributed by atoms with Gasteiger partial charge in [-0.05, 0) is 12.1 Å². The molecule has 0 aliphatic rings. The van der Waals surface area contributed by atoms with Crippen molar-refractivity contribution >= 4 is 29.3 Å². The van der Waals surface area contributed by atoms with Crippen molar-refractivity contribution in [3.63, 3.8) is 0 Å². The van der Waals surface area contributed by atoms with E-state index in [4.69, 9.17) is 14.5 Å². The number of carboxylic acids is 2. The molecule has 33 heavy (non-hydrogen) atoms. The zero-order valence-electron chi connectivity index (χ0n) is 16.8. The Balaban J connectivity index is 2.20. The molecule has 174 valence electrons. The summed E-state index contributed by atoms with van der Waals surface area (Å²) >= 11 is 0. The van der Waals surface area contributed by atoms with Crippen LogP contribution in [0, 0.1) is 20.2 Å². The number of esters is 1. The van der Waals surface area contributed by atoms with Crippen molar-refractivity contribution in [3.05, 3.63) is 78.9 Å². The predicted octanol–water partition coefficient (Wildman–Crippen LogP) is 2.94. The van der Waals surface area contributed by atoms with Crippen LogP contribution < -0.4 is 0 Å². The number of nitro groups is 2. The van der Waals surface area contributed by atoms with Crippen molar-refractivity contribution in [2.24, 2.45) is 0 Å². The number of hydrogen-bond acceptors (Lipinski definition) is 10. The van der Waals surface area contributed by atoms with Crippen LogP contribution in [0.25, 0.3) is 0 Å². The third-order valence-corrected chi connectivity index (χ3v) is 4.20. The second-order valence-electron chi connectivity index (χ2n) is 6.23. The van der Waals surface area contributed by atoms with Gasteiger partial charge in [-0.3, -0.25) is 20.2 Å². The van der Waals surface area contributed by atoms with E-state index in [1.807, 2.05) is 0 Å². The monoisotopic (exact) mass is 464 g/mol. The molecule has 0 spiro atoms. The zero-order valence-corrected chi connectivity index (χ0v) is 16.8. The van der Waals surface area contributed by atoms with Crippen molar-refractivity contribution in [2.75, 3.05) is 0 Å². The van der Waals surface area contributed by atoms with Gasteiger partial charge in [-0.1, -0.05) is 19.1 Å². The van der Waals surface area contributed by atoms with E-state index in [1.165, 1.54) is 13.0 Å². The van der Waals surface area contributed by atoms with Crippen LogP contribution in [0.1, 0.15) is 50.0 Å². The minimum absolute atomic E-state index is 0.0720. The summed E-state index contributed by atoms with van der Waals surface area (Å²) in [7, 11) is 0. The van der Waals surface area contributed by atoms with Gasteiger partial charge in [0.25, 0.3) is 11.4 Å². The maximum absolute atomic E-state index is 12.5. The molecule has 0 amide bonds. The number of benzene rings is 2. The fourth-order valence-corrected chi connectivity index (χ4v) is 2.70. The lowest BCUT2D eigenvalue weighted by atomic mass is 10.1. The molecule has 2 aromatic carbocycles. The second kappa shape index (κ2) is 10.7. The first-order valence-corrected chi connectivity index (χ1v) is 9.07. The van der Waals surface area contributed by atoms with Crippen LogP contribution in [-0.2, 0) is 21.1 Å². The lowest BCUT2D eigenvalue weighted by Crippen LogP contribution is -2.23. The Morgan fingerprint density at radius 2 is 1.48 bits per heavy atom. The number of carboxylic acid groups (broad SMARTS) is 2. The minimum atomic E-state index is -1.60. The molecule has 1 unspecified atom stereocenters. The number of aromatic carboxylic acids is 2. The highest BCUT2D eigenvalue weighted by molar-refractivity contribution is 6.05. The van der Waals surface area contributed by atoms with Gasteiger partial charge >= 0.3 is 17.9 Å². The maximum Gasteiger partial charge on any atom is 0.348 e. The third-order valence-electron chi connectivity index (χ3n) is 4.20. The van der Waals surface area contributed by atoms with Gasteiger partial charge in [0.15, 0.2) is 5.56 Å². The highest BCUT2D eigenvalue weighted by Crippen LogP contribution is 2.26. The summed E-state index contributed by atoms with van der Waals surface area (Å²) < 4.78 is 4.96. The van der Waals surface area contributed by atoms with Crippen LogP contribution in [0.3, 0.4) is 0 Å². The average Bonchev–Trinajstić information content (AvgIpc) is 2.77. The number of carbonyl (C=O) groups excluding carboxylic acids is 1. The van der Waals surface area contributed by atoms with Crippen LogP contribution in [-0.4, -0.2) is 44.3 Å². The highest BCUT2D eigenvalue weighted by Gasteiger charge is 2.30. The largest absolute Gasteiger partial charge is 0.478 e. The molecule has 0 aromatic heterocycles. The van der Waals surface area contributed by atoms with Gasteiger partial charge in [0.2, 0.25) is 6.29 Å². The molecular weight excluding hydrogens is 448 g/mol. The lowest BCUT2D eigenvalue weighted by Gasteiger charge is -2.16. The number of nitro benzene ring substituents is 2. The van der Waals surface area contributed by atoms with E-state index >= 15 is 0 Å². The Labute approximate surface area is 184 Å². The fraction of sp³-hybridized carbons (Fsp3) is 0.211.